The van der Waals surface area contributed by atoms with Gasteiger partial charge in [-0.25, -0.2) is 0 Å². The van der Waals surface area contributed by atoms with Crippen LogP contribution < -0.4 is 46.7 Å². The number of halogens is 2. The van der Waals surface area contributed by atoms with Gasteiger partial charge in [0.1, 0.15) is 11.5 Å². The van der Waals surface area contributed by atoms with Crippen molar-refractivity contribution in [1.29, 1.82) is 0 Å². The van der Waals surface area contributed by atoms with Gasteiger partial charge in [-0.1, -0.05) is 120 Å². The van der Waals surface area contributed by atoms with Crippen LogP contribution in [0.4, 0.5) is 47.1 Å². The Morgan fingerprint density at radius 3 is 1.27 bits per heavy atom. The highest BCUT2D eigenvalue weighted by molar-refractivity contribution is 6.32. The first-order valence-electron chi connectivity index (χ1n) is 25.1. The maximum atomic E-state index is 6.35. The smallest absolute Gasteiger partial charge is 0.233 e. The molecule has 386 valence electrons. The van der Waals surface area contributed by atoms with E-state index in [1.54, 1.807) is 14.2 Å². The van der Waals surface area contributed by atoms with Crippen LogP contribution in [0.5, 0.6) is 11.5 Å². The third-order valence-corrected chi connectivity index (χ3v) is 13.9. The second-order valence-electron chi connectivity index (χ2n) is 18.6. The Labute approximate surface area is 432 Å². The van der Waals surface area contributed by atoms with Crippen LogP contribution >= 0.6 is 23.2 Å². The van der Waals surface area contributed by atoms with E-state index in [1.165, 1.54) is 56.9 Å². The highest BCUT2D eigenvalue weighted by atomic mass is 35.5. The molecular weight excluding hydrogens is 936 g/mol. The van der Waals surface area contributed by atoms with Crippen LogP contribution in [0.25, 0.3) is 0 Å². The standard InChI is InChI=1S/C29H38ClN7O.C22H32ClN7O.2CH4/c1-38-26-14-13-24(19-25(26)30)33-29-35-27(31-22-11-7-2-3-8-12-22)34-28(36-29)32-23-15-17-37(18-16-23)20-21-9-5-4-6-10-21;1-31-19-9-8-17(14-18(19)23)27-22-29-20(25-15-6-4-2-3-5-7-15)28-21(30-22)26-16-10-12-24-13-11-16;;/h4-6,9-10,13-14,19,22-23H,2-3,7-8,11-12,15-18,20H2,1H3,(H3,31,32,33,34,35,36);8-9,14-16,24H,2-7,10-13H2,1H3,(H3,25,26,27,28,29,30);2*1H4. The first-order chi connectivity index (χ1) is 33.8. The zero-order chi connectivity index (χ0) is 47.6. The third-order valence-electron chi connectivity index (χ3n) is 13.3. The molecule has 0 amide bonds. The van der Waals surface area contributed by atoms with Crippen LogP contribution in [0.3, 0.4) is 0 Å². The number of likely N-dealkylation sites (tertiary alicyclic amines) is 1. The molecule has 4 fully saturated rings. The summed E-state index contributed by atoms with van der Waals surface area (Å²) in [7, 11) is 3.21. The van der Waals surface area contributed by atoms with E-state index >= 15 is 0 Å². The average Bonchev–Trinajstić information content (AvgIpc) is 3.78. The zero-order valence-corrected chi connectivity index (χ0v) is 41.7. The fourth-order valence-corrected chi connectivity index (χ4v) is 10.0. The van der Waals surface area contributed by atoms with Crippen LogP contribution in [0, 0.1) is 0 Å². The Hall–Kier alpha value is -5.42. The number of nitrogens with zero attached hydrogens (tertiary/aromatic N) is 7. The molecule has 18 heteroatoms. The highest BCUT2D eigenvalue weighted by Gasteiger charge is 2.23. The highest BCUT2D eigenvalue weighted by Crippen LogP contribution is 2.31. The largest absolute Gasteiger partial charge is 0.495 e. The fraction of sp³-hybridized carbons (Fsp3) is 0.547. The number of piperidine rings is 2. The number of aromatic nitrogens is 6. The summed E-state index contributed by atoms with van der Waals surface area (Å²) in [6.07, 6.45) is 19.0. The lowest BCUT2D eigenvalue weighted by Gasteiger charge is -2.32. The van der Waals surface area contributed by atoms with E-state index < -0.39 is 0 Å². The van der Waals surface area contributed by atoms with Gasteiger partial charge in [0.15, 0.2) is 0 Å². The molecule has 4 heterocycles. The van der Waals surface area contributed by atoms with Gasteiger partial charge in [-0.3, -0.25) is 4.90 Å². The summed E-state index contributed by atoms with van der Waals surface area (Å²) in [5.74, 6) is 4.65. The average molecular weight is 1010 g/mol. The molecule has 0 spiro atoms. The molecular formula is C53H78Cl2N14O2. The van der Waals surface area contributed by atoms with E-state index in [1.807, 2.05) is 36.4 Å². The van der Waals surface area contributed by atoms with Crippen molar-refractivity contribution < 1.29 is 9.47 Å². The van der Waals surface area contributed by atoms with E-state index in [4.69, 9.17) is 47.6 Å². The summed E-state index contributed by atoms with van der Waals surface area (Å²) >= 11 is 12.6. The minimum Gasteiger partial charge on any atom is -0.495 e. The Morgan fingerprint density at radius 2 is 0.873 bits per heavy atom. The van der Waals surface area contributed by atoms with E-state index in [-0.39, 0.29) is 14.9 Å². The predicted molar refractivity (Wildman–Crippen MR) is 294 cm³/mol. The van der Waals surface area contributed by atoms with Crippen molar-refractivity contribution in [3.63, 3.8) is 0 Å². The summed E-state index contributed by atoms with van der Waals surface area (Å²) in [4.78, 5) is 30.7. The molecule has 0 atom stereocenters. The molecule has 2 aliphatic carbocycles. The second kappa shape index (κ2) is 28.6. The topological polar surface area (TPSA) is 183 Å². The molecule has 9 rings (SSSR count). The van der Waals surface area contributed by atoms with Gasteiger partial charge in [0.2, 0.25) is 35.7 Å². The minimum absolute atomic E-state index is 0. The van der Waals surface area contributed by atoms with Crippen molar-refractivity contribution in [2.75, 3.05) is 72.3 Å². The summed E-state index contributed by atoms with van der Waals surface area (Å²) in [6.45, 7) is 5.09. The van der Waals surface area contributed by atoms with Crippen molar-refractivity contribution in [2.45, 2.75) is 148 Å². The van der Waals surface area contributed by atoms with Crippen LogP contribution in [-0.4, -0.2) is 99.4 Å². The molecule has 0 radical (unpaired) electrons. The molecule has 4 aliphatic rings. The van der Waals surface area contributed by atoms with E-state index in [2.05, 4.69) is 87.4 Å². The first kappa shape index (κ1) is 54.9. The summed E-state index contributed by atoms with van der Waals surface area (Å²) in [5.41, 5.74) is 2.95. The van der Waals surface area contributed by atoms with E-state index in [0.29, 0.717) is 81.4 Å². The molecule has 2 saturated heterocycles. The lowest BCUT2D eigenvalue weighted by Crippen LogP contribution is -2.39. The third kappa shape index (κ3) is 17.4. The maximum absolute atomic E-state index is 6.35. The zero-order valence-electron chi connectivity index (χ0n) is 40.2. The Kier molecular flexibility index (Phi) is 22.1. The molecule has 5 aromatic rings. The fourth-order valence-electron chi connectivity index (χ4n) is 9.49. The number of methoxy groups -OCH3 is 2. The molecule has 2 aromatic heterocycles. The van der Waals surface area contributed by atoms with Crippen molar-refractivity contribution in [1.82, 2.24) is 40.1 Å². The van der Waals surface area contributed by atoms with Crippen molar-refractivity contribution in [3.05, 3.63) is 82.3 Å². The van der Waals surface area contributed by atoms with E-state index in [9.17, 15) is 0 Å². The van der Waals surface area contributed by atoms with Gasteiger partial charge < -0.3 is 46.7 Å². The molecule has 2 aliphatic heterocycles. The summed E-state index contributed by atoms with van der Waals surface area (Å²) < 4.78 is 10.5. The Balaban J connectivity index is 0.000000230. The lowest BCUT2D eigenvalue weighted by atomic mass is 10.0. The Morgan fingerprint density at radius 1 is 0.493 bits per heavy atom. The number of rotatable bonds is 16. The van der Waals surface area contributed by atoms with E-state index in [0.717, 1.165) is 95.5 Å². The molecule has 7 N–H and O–H groups in total. The molecule has 16 nitrogen and oxygen atoms in total. The van der Waals surface area contributed by atoms with Crippen LogP contribution in [-0.2, 0) is 6.54 Å². The number of benzene rings is 3. The number of nitrogens with one attached hydrogen (secondary N) is 7. The van der Waals surface area contributed by atoms with Crippen LogP contribution in [0.2, 0.25) is 10.0 Å². The molecule has 3 aromatic carbocycles. The number of anilines is 8. The van der Waals surface area contributed by atoms with Gasteiger partial charge in [0.05, 0.1) is 24.3 Å². The quantitative estimate of drug-likeness (QED) is 0.0463. The van der Waals surface area contributed by atoms with Gasteiger partial charge in [-0.15, -0.1) is 0 Å². The lowest BCUT2D eigenvalue weighted by molar-refractivity contribution is 0.211. The van der Waals surface area contributed by atoms with Gasteiger partial charge in [0, 0.05) is 55.2 Å². The Bertz CT molecular complexity index is 2340. The number of ether oxygens (including phenoxy) is 2. The number of hydrogen-bond donors (Lipinski definition) is 7. The molecule has 2 saturated carbocycles. The normalized spacial score (nSPS) is 17.4. The number of hydrogen-bond acceptors (Lipinski definition) is 16. The van der Waals surface area contributed by atoms with Gasteiger partial charge in [-0.05, 0) is 106 Å². The minimum atomic E-state index is 0. The molecule has 0 bridgehead atoms. The summed E-state index contributed by atoms with van der Waals surface area (Å²) in [5, 5.41) is 25.3. The van der Waals surface area contributed by atoms with Crippen LogP contribution in [0.15, 0.2) is 66.7 Å². The van der Waals surface area contributed by atoms with Gasteiger partial charge in [0.25, 0.3) is 0 Å². The maximum Gasteiger partial charge on any atom is 0.233 e. The van der Waals surface area contributed by atoms with Gasteiger partial charge >= 0.3 is 0 Å². The monoisotopic (exact) mass is 1010 g/mol. The van der Waals surface area contributed by atoms with Crippen LogP contribution in [0.1, 0.15) is 123 Å². The predicted octanol–water partition coefficient (Wildman–Crippen LogP) is 12.3. The first-order valence-corrected chi connectivity index (χ1v) is 25.9. The van der Waals surface area contributed by atoms with Crippen molar-refractivity contribution in [3.8, 4) is 11.5 Å². The molecule has 0 unspecified atom stereocenters. The molecule has 71 heavy (non-hydrogen) atoms. The van der Waals surface area contributed by atoms with Gasteiger partial charge in [-0.2, -0.15) is 29.9 Å². The SMILES string of the molecule is C.C.COc1ccc(Nc2nc(NC3CCCCCC3)nc(NC3CCN(Cc4ccccc4)CC3)n2)cc1Cl.COc1ccc(Nc2nc(NC3CCCCCC3)nc(NC3CCNCC3)n2)cc1Cl. The summed E-state index contributed by atoms with van der Waals surface area (Å²) in [6, 6.07) is 23.2. The van der Waals surface area contributed by atoms with Crippen molar-refractivity contribution in [2.24, 2.45) is 0 Å². The van der Waals surface area contributed by atoms with Crippen molar-refractivity contribution >= 4 is 70.3 Å². The second-order valence-corrected chi connectivity index (χ2v) is 19.4.